The fraction of sp³-hybridized carbons (Fsp3) is 0.529. The van der Waals surface area contributed by atoms with Crippen molar-refractivity contribution < 1.29 is 9.00 Å². The van der Waals surface area contributed by atoms with Crippen molar-refractivity contribution in [3.05, 3.63) is 36.2 Å². The molecule has 25 heavy (non-hydrogen) atoms. The Balaban J connectivity index is 1.56. The second-order valence-corrected chi connectivity index (χ2v) is 7.96. The highest BCUT2D eigenvalue weighted by Crippen LogP contribution is 2.23. The van der Waals surface area contributed by atoms with Crippen LogP contribution in [-0.4, -0.2) is 42.1 Å². The molecule has 8 heteroatoms. The molecule has 3 rings (SSSR count). The molecule has 1 saturated carbocycles. The summed E-state index contributed by atoms with van der Waals surface area (Å²) >= 11 is 0. The number of carbonyl (C=O) groups is 1. The van der Waals surface area contributed by atoms with Crippen molar-refractivity contribution in [3.63, 3.8) is 0 Å². The zero-order valence-electron chi connectivity index (χ0n) is 14.3. The quantitative estimate of drug-likeness (QED) is 0.844. The average molecular weight is 361 g/mol. The minimum absolute atomic E-state index is 0.0229. The van der Waals surface area contributed by atoms with Gasteiger partial charge in [0, 0.05) is 16.8 Å². The van der Waals surface area contributed by atoms with E-state index < -0.39 is 10.8 Å². The number of carbonyl (C=O) groups excluding carboxylic acids is 1. The minimum Gasteiger partial charge on any atom is -0.352 e. The topological polar surface area (TPSA) is 89.8 Å². The molecule has 0 saturated heterocycles. The number of rotatable bonds is 6. The van der Waals surface area contributed by atoms with Gasteiger partial charge in [-0.1, -0.05) is 38.0 Å². The van der Waals surface area contributed by atoms with Crippen LogP contribution in [0, 0.1) is 5.92 Å². The molecule has 1 aromatic carbocycles. The monoisotopic (exact) mass is 361 g/mol. The Bertz CT molecular complexity index is 734. The number of amides is 1. The van der Waals surface area contributed by atoms with Crippen LogP contribution < -0.4 is 5.32 Å². The lowest BCUT2D eigenvalue weighted by Gasteiger charge is -2.29. The molecule has 1 aliphatic carbocycles. The number of tetrazole rings is 1. The van der Waals surface area contributed by atoms with Gasteiger partial charge in [-0.05, 0) is 41.3 Å². The van der Waals surface area contributed by atoms with E-state index in [1.54, 1.807) is 4.68 Å². The minimum atomic E-state index is -1.35. The lowest BCUT2D eigenvalue weighted by molar-refractivity contribution is -0.119. The van der Waals surface area contributed by atoms with Crippen molar-refractivity contribution in [1.82, 2.24) is 25.5 Å². The Morgan fingerprint density at radius 3 is 2.80 bits per heavy atom. The van der Waals surface area contributed by atoms with Gasteiger partial charge in [0.1, 0.15) is 5.75 Å². The standard InChI is InChI=1S/C17H23N5O2S/c1-13-7-5-6-10-15(13)18-17(23)12-25(24)11-16-19-20-21-22(16)14-8-3-2-4-9-14/h2-4,8-9,13,15H,5-7,10-12H2,1H3,(H,18,23). The molecule has 7 nitrogen and oxygen atoms in total. The van der Waals surface area contributed by atoms with Crippen LogP contribution in [-0.2, 0) is 21.3 Å². The fourth-order valence-corrected chi connectivity index (χ4v) is 4.13. The highest BCUT2D eigenvalue weighted by Gasteiger charge is 2.23. The maximum atomic E-state index is 12.4. The Morgan fingerprint density at radius 2 is 2.04 bits per heavy atom. The van der Waals surface area contributed by atoms with Gasteiger partial charge in [-0.3, -0.25) is 9.00 Å². The predicted molar refractivity (Wildman–Crippen MR) is 95.4 cm³/mol. The molecule has 0 radical (unpaired) electrons. The van der Waals surface area contributed by atoms with Crippen LogP contribution in [0.5, 0.6) is 0 Å². The smallest absolute Gasteiger partial charge is 0.232 e. The van der Waals surface area contributed by atoms with Gasteiger partial charge in [0.05, 0.1) is 11.4 Å². The molecule has 1 N–H and O–H groups in total. The first kappa shape index (κ1) is 17.7. The van der Waals surface area contributed by atoms with Gasteiger partial charge >= 0.3 is 0 Å². The summed E-state index contributed by atoms with van der Waals surface area (Å²) in [6.07, 6.45) is 4.51. The normalized spacial score (nSPS) is 21.6. The number of aromatic nitrogens is 4. The second-order valence-electron chi connectivity index (χ2n) is 6.51. The Labute approximate surface area is 149 Å². The van der Waals surface area contributed by atoms with Crippen molar-refractivity contribution in [2.45, 2.75) is 44.4 Å². The molecule has 1 heterocycles. The Hall–Kier alpha value is -2.09. The highest BCUT2D eigenvalue weighted by atomic mass is 32.2. The summed E-state index contributed by atoms with van der Waals surface area (Å²) in [4.78, 5) is 12.2. The predicted octanol–water partition coefficient (Wildman–Crippen LogP) is 1.61. The Morgan fingerprint density at radius 1 is 1.28 bits per heavy atom. The van der Waals surface area contributed by atoms with Gasteiger partial charge in [0.15, 0.2) is 5.82 Å². The van der Waals surface area contributed by atoms with Crippen LogP contribution >= 0.6 is 0 Å². The highest BCUT2D eigenvalue weighted by molar-refractivity contribution is 7.84. The molecule has 0 aliphatic heterocycles. The molecule has 1 aliphatic rings. The fourth-order valence-electron chi connectivity index (χ4n) is 3.19. The van der Waals surface area contributed by atoms with Crippen LogP contribution in [0.25, 0.3) is 5.69 Å². The zero-order valence-corrected chi connectivity index (χ0v) is 15.1. The van der Waals surface area contributed by atoms with E-state index in [4.69, 9.17) is 0 Å². The summed E-state index contributed by atoms with van der Waals surface area (Å²) in [5.41, 5.74) is 0.806. The maximum absolute atomic E-state index is 12.4. The molecule has 1 amide bonds. The maximum Gasteiger partial charge on any atom is 0.232 e. The average Bonchev–Trinajstić information content (AvgIpc) is 3.05. The van der Waals surface area contributed by atoms with Gasteiger partial charge in [0.2, 0.25) is 5.91 Å². The number of nitrogens with zero attached hydrogens (tertiary/aromatic N) is 4. The summed E-state index contributed by atoms with van der Waals surface area (Å²) < 4.78 is 13.9. The second kappa shape index (κ2) is 8.33. The molecule has 2 aromatic rings. The summed E-state index contributed by atoms with van der Waals surface area (Å²) in [7, 11) is -1.35. The molecular formula is C17H23N5O2S. The van der Waals surface area contributed by atoms with Crippen LogP contribution in [0.2, 0.25) is 0 Å². The molecule has 1 fully saturated rings. The van der Waals surface area contributed by atoms with Crippen molar-refractivity contribution >= 4 is 16.7 Å². The third-order valence-electron chi connectivity index (χ3n) is 4.57. The van der Waals surface area contributed by atoms with E-state index in [9.17, 15) is 9.00 Å². The van der Waals surface area contributed by atoms with Gasteiger partial charge in [-0.25, -0.2) is 0 Å². The van der Waals surface area contributed by atoms with E-state index in [1.165, 1.54) is 6.42 Å². The lowest BCUT2D eigenvalue weighted by Crippen LogP contribution is -2.43. The van der Waals surface area contributed by atoms with Gasteiger partial charge in [-0.2, -0.15) is 4.68 Å². The van der Waals surface area contributed by atoms with E-state index in [2.05, 4.69) is 27.8 Å². The molecule has 134 valence electrons. The molecule has 1 aromatic heterocycles. The third-order valence-corrected chi connectivity index (χ3v) is 5.74. The number of hydrogen-bond acceptors (Lipinski definition) is 5. The van der Waals surface area contributed by atoms with E-state index in [0.29, 0.717) is 11.7 Å². The van der Waals surface area contributed by atoms with Crippen molar-refractivity contribution in [1.29, 1.82) is 0 Å². The largest absolute Gasteiger partial charge is 0.352 e. The summed E-state index contributed by atoms with van der Waals surface area (Å²) in [5.74, 6) is 0.941. The number of hydrogen-bond donors (Lipinski definition) is 1. The van der Waals surface area contributed by atoms with Crippen LogP contribution in [0.15, 0.2) is 30.3 Å². The molecule has 0 bridgehead atoms. The van der Waals surface area contributed by atoms with Gasteiger partial charge in [-0.15, -0.1) is 5.10 Å². The van der Waals surface area contributed by atoms with Crippen molar-refractivity contribution in [2.75, 3.05) is 5.75 Å². The van der Waals surface area contributed by atoms with E-state index in [0.717, 1.165) is 24.9 Å². The first-order valence-electron chi connectivity index (χ1n) is 8.60. The van der Waals surface area contributed by atoms with E-state index in [1.807, 2.05) is 30.3 Å². The summed E-state index contributed by atoms with van der Waals surface area (Å²) in [6, 6.07) is 9.63. The van der Waals surface area contributed by atoms with Crippen molar-refractivity contribution in [2.24, 2.45) is 5.92 Å². The van der Waals surface area contributed by atoms with Crippen LogP contribution in [0.1, 0.15) is 38.4 Å². The van der Waals surface area contributed by atoms with Crippen LogP contribution in [0.3, 0.4) is 0 Å². The number of nitrogens with one attached hydrogen (secondary N) is 1. The van der Waals surface area contributed by atoms with Gasteiger partial charge < -0.3 is 5.32 Å². The Kier molecular flexibility index (Phi) is 5.91. The lowest BCUT2D eigenvalue weighted by atomic mass is 9.86. The van der Waals surface area contributed by atoms with Crippen LogP contribution in [0.4, 0.5) is 0 Å². The first-order chi connectivity index (χ1) is 12.1. The summed E-state index contributed by atoms with van der Waals surface area (Å²) in [6.45, 7) is 2.16. The molecule has 3 unspecified atom stereocenters. The number of benzene rings is 1. The molecule has 0 spiro atoms. The van der Waals surface area contributed by atoms with Gasteiger partial charge in [0.25, 0.3) is 0 Å². The first-order valence-corrected chi connectivity index (χ1v) is 10.1. The third kappa shape index (κ3) is 4.72. The number of para-hydroxylation sites is 1. The van der Waals surface area contributed by atoms with E-state index in [-0.39, 0.29) is 23.5 Å². The SMILES string of the molecule is CC1CCCCC1NC(=O)CS(=O)Cc1nnnn1-c1ccccc1. The zero-order chi connectivity index (χ0) is 17.6. The van der Waals surface area contributed by atoms with E-state index >= 15 is 0 Å². The molecular weight excluding hydrogens is 338 g/mol. The summed E-state index contributed by atoms with van der Waals surface area (Å²) in [5, 5.41) is 14.6. The van der Waals surface area contributed by atoms with Crippen molar-refractivity contribution in [3.8, 4) is 5.69 Å². The molecule has 3 atom stereocenters.